The number of benzene rings is 1. The van der Waals surface area contributed by atoms with E-state index in [4.69, 9.17) is 16.3 Å². The van der Waals surface area contributed by atoms with Gasteiger partial charge in [0.25, 0.3) is 0 Å². The molecule has 0 bridgehead atoms. The highest BCUT2D eigenvalue weighted by atomic mass is 35.5. The van der Waals surface area contributed by atoms with Crippen molar-refractivity contribution in [3.63, 3.8) is 0 Å². The highest BCUT2D eigenvalue weighted by molar-refractivity contribution is 7.99. The van der Waals surface area contributed by atoms with Crippen LogP contribution in [0.4, 0.5) is 0 Å². The molecular formula is C18H21ClN4O2S. The van der Waals surface area contributed by atoms with Crippen molar-refractivity contribution in [3.05, 3.63) is 47.3 Å². The minimum Gasteiger partial charge on any atom is -0.485 e. The third-order valence-corrected chi connectivity index (χ3v) is 5.08. The topological polar surface area (TPSA) is 69.0 Å². The fraction of sp³-hybridized carbons (Fsp3) is 0.389. The van der Waals surface area contributed by atoms with Crippen LogP contribution in [0, 0.1) is 6.92 Å². The summed E-state index contributed by atoms with van der Waals surface area (Å²) in [6.07, 6.45) is 3.93. The monoisotopic (exact) mass is 392 g/mol. The Morgan fingerprint density at radius 1 is 1.50 bits per heavy atom. The second-order valence-electron chi connectivity index (χ2n) is 6.13. The zero-order valence-electron chi connectivity index (χ0n) is 14.6. The van der Waals surface area contributed by atoms with E-state index in [0.717, 1.165) is 24.2 Å². The maximum absolute atomic E-state index is 11.9. The molecule has 1 fully saturated rings. The zero-order valence-corrected chi connectivity index (χ0v) is 16.1. The van der Waals surface area contributed by atoms with E-state index in [2.05, 4.69) is 22.1 Å². The van der Waals surface area contributed by atoms with Gasteiger partial charge in [-0.05, 0) is 43.5 Å². The largest absolute Gasteiger partial charge is 0.485 e. The first-order valence-corrected chi connectivity index (χ1v) is 9.77. The van der Waals surface area contributed by atoms with Crippen LogP contribution in [0.15, 0.2) is 36.0 Å². The smallest absolute Gasteiger partial charge is 0.230 e. The number of carbonyl (C=O) groups is 1. The zero-order chi connectivity index (χ0) is 18.5. The number of hydrogen-bond acceptors (Lipinski definition) is 5. The Bertz CT molecular complexity index is 804. The molecule has 1 N–H and O–H groups in total. The molecule has 0 spiro atoms. The number of aromatic nitrogens is 3. The van der Waals surface area contributed by atoms with E-state index in [9.17, 15) is 4.79 Å². The molecule has 0 aliphatic heterocycles. The van der Waals surface area contributed by atoms with Crippen molar-refractivity contribution in [3.8, 4) is 5.75 Å². The molecule has 1 aromatic carbocycles. The van der Waals surface area contributed by atoms with Gasteiger partial charge in [0, 0.05) is 17.6 Å². The molecule has 0 radical (unpaired) electrons. The summed E-state index contributed by atoms with van der Waals surface area (Å²) in [7, 11) is 0. The molecule has 1 saturated carbocycles. The van der Waals surface area contributed by atoms with Crippen LogP contribution in [0.3, 0.4) is 0 Å². The van der Waals surface area contributed by atoms with Gasteiger partial charge < -0.3 is 10.1 Å². The molecule has 1 aliphatic carbocycles. The molecule has 1 amide bonds. The van der Waals surface area contributed by atoms with Crippen LogP contribution in [0.5, 0.6) is 5.75 Å². The molecular weight excluding hydrogens is 372 g/mol. The van der Waals surface area contributed by atoms with Gasteiger partial charge in [0.1, 0.15) is 12.4 Å². The molecule has 1 heterocycles. The normalized spacial score (nSPS) is 13.5. The number of halogens is 1. The lowest BCUT2D eigenvalue weighted by Gasteiger charge is -2.11. The fourth-order valence-corrected chi connectivity index (χ4v) is 3.39. The molecule has 3 rings (SSSR count). The van der Waals surface area contributed by atoms with Gasteiger partial charge in [0.05, 0.1) is 5.75 Å². The number of allylic oxidation sites excluding steroid dienone is 1. The first-order valence-electron chi connectivity index (χ1n) is 8.41. The summed E-state index contributed by atoms with van der Waals surface area (Å²) in [4.78, 5) is 11.9. The maximum atomic E-state index is 11.9. The standard InChI is InChI=1S/C18H21ClN4O2S/c1-3-8-23-16(10-25-15-7-4-13(19)9-12(15)2)21-22-18(23)26-11-17(24)20-14-5-6-14/h3-4,7,9,14H,1,5-6,8,10-11H2,2H3,(H,20,24). The summed E-state index contributed by atoms with van der Waals surface area (Å²) in [5.41, 5.74) is 0.957. The minimum atomic E-state index is 0.0280. The Morgan fingerprint density at radius 3 is 3.00 bits per heavy atom. The Hall–Kier alpha value is -1.99. The number of aryl methyl sites for hydroxylation is 1. The van der Waals surface area contributed by atoms with Gasteiger partial charge in [-0.2, -0.15) is 0 Å². The lowest BCUT2D eigenvalue weighted by Crippen LogP contribution is -2.27. The van der Waals surface area contributed by atoms with E-state index in [0.29, 0.717) is 34.3 Å². The Balaban J connectivity index is 1.63. The van der Waals surface area contributed by atoms with Gasteiger partial charge >= 0.3 is 0 Å². The molecule has 2 aromatic rings. The van der Waals surface area contributed by atoms with Crippen molar-refractivity contribution in [1.82, 2.24) is 20.1 Å². The van der Waals surface area contributed by atoms with Gasteiger partial charge in [-0.15, -0.1) is 16.8 Å². The lowest BCUT2D eigenvalue weighted by molar-refractivity contribution is -0.118. The number of rotatable bonds is 9. The summed E-state index contributed by atoms with van der Waals surface area (Å²) in [5, 5.41) is 12.7. The number of nitrogens with zero attached hydrogens (tertiary/aromatic N) is 3. The molecule has 8 heteroatoms. The predicted octanol–water partition coefficient (Wildman–Crippen LogP) is 3.38. The van der Waals surface area contributed by atoms with Crippen LogP contribution in [-0.4, -0.2) is 32.5 Å². The van der Waals surface area contributed by atoms with Crippen LogP contribution in [0.2, 0.25) is 5.02 Å². The summed E-state index contributed by atoms with van der Waals surface area (Å²) < 4.78 is 7.77. The summed E-state index contributed by atoms with van der Waals surface area (Å²) >= 11 is 7.34. The third-order valence-electron chi connectivity index (χ3n) is 3.87. The summed E-state index contributed by atoms with van der Waals surface area (Å²) in [6.45, 7) is 6.55. The molecule has 0 saturated heterocycles. The van der Waals surface area contributed by atoms with E-state index in [1.165, 1.54) is 11.8 Å². The van der Waals surface area contributed by atoms with Gasteiger partial charge in [-0.25, -0.2) is 0 Å². The average molecular weight is 393 g/mol. The van der Waals surface area contributed by atoms with E-state index in [-0.39, 0.29) is 12.5 Å². The molecule has 1 aromatic heterocycles. The number of nitrogens with one attached hydrogen (secondary N) is 1. The van der Waals surface area contributed by atoms with Gasteiger partial charge in [-0.3, -0.25) is 9.36 Å². The molecule has 138 valence electrons. The van der Waals surface area contributed by atoms with Crippen molar-refractivity contribution < 1.29 is 9.53 Å². The van der Waals surface area contributed by atoms with E-state index >= 15 is 0 Å². The maximum Gasteiger partial charge on any atom is 0.230 e. The van der Waals surface area contributed by atoms with E-state index in [1.54, 1.807) is 12.1 Å². The van der Waals surface area contributed by atoms with Crippen molar-refractivity contribution in [2.45, 2.75) is 44.1 Å². The number of amides is 1. The van der Waals surface area contributed by atoms with Crippen LogP contribution >= 0.6 is 23.4 Å². The molecule has 26 heavy (non-hydrogen) atoms. The summed E-state index contributed by atoms with van der Waals surface area (Å²) in [6, 6.07) is 5.84. The molecule has 0 unspecified atom stereocenters. The van der Waals surface area contributed by atoms with Crippen LogP contribution in [-0.2, 0) is 17.9 Å². The van der Waals surface area contributed by atoms with Gasteiger partial charge in [-0.1, -0.05) is 29.4 Å². The lowest BCUT2D eigenvalue weighted by atomic mass is 10.2. The Kier molecular flexibility index (Phi) is 6.21. The van der Waals surface area contributed by atoms with Crippen LogP contribution < -0.4 is 10.1 Å². The highest BCUT2D eigenvalue weighted by Gasteiger charge is 2.23. The molecule has 6 nitrogen and oxygen atoms in total. The quantitative estimate of drug-likeness (QED) is 0.523. The second-order valence-corrected chi connectivity index (χ2v) is 7.51. The number of carbonyl (C=O) groups excluding carboxylic acids is 1. The van der Waals surface area contributed by atoms with Crippen molar-refractivity contribution in [1.29, 1.82) is 0 Å². The van der Waals surface area contributed by atoms with Crippen LogP contribution in [0.25, 0.3) is 0 Å². The summed E-state index contributed by atoms with van der Waals surface area (Å²) in [5.74, 6) is 1.79. The number of ether oxygens (including phenoxy) is 1. The SMILES string of the molecule is C=CCn1c(COc2ccc(Cl)cc2C)nnc1SCC(=O)NC1CC1. The first-order chi connectivity index (χ1) is 12.6. The van der Waals surface area contributed by atoms with Gasteiger partial charge in [0.2, 0.25) is 5.91 Å². The van der Waals surface area contributed by atoms with E-state index in [1.807, 2.05) is 23.6 Å². The van der Waals surface area contributed by atoms with Crippen molar-refractivity contribution in [2.24, 2.45) is 0 Å². The van der Waals surface area contributed by atoms with E-state index < -0.39 is 0 Å². The predicted molar refractivity (Wildman–Crippen MR) is 103 cm³/mol. The third kappa shape index (κ3) is 5.02. The first kappa shape index (κ1) is 18.8. The van der Waals surface area contributed by atoms with Crippen molar-refractivity contribution >= 4 is 29.3 Å². The molecule has 1 aliphatic rings. The Labute approximate surface area is 162 Å². The Morgan fingerprint density at radius 2 is 2.31 bits per heavy atom. The molecule has 0 atom stereocenters. The van der Waals surface area contributed by atoms with Gasteiger partial charge in [0.15, 0.2) is 11.0 Å². The highest BCUT2D eigenvalue weighted by Crippen LogP contribution is 2.24. The average Bonchev–Trinajstić information content (AvgIpc) is 3.33. The number of hydrogen-bond donors (Lipinski definition) is 1. The minimum absolute atomic E-state index is 0.0280. The fourth-order valence-electron chi connectivity index (χ4n) is 2.39. The number of thioether (sulfide) groups is 1. The second kappa shape index (κ2) is 8.60. The van der Waals surface area contributed by atoms with Crippen molar-refractivity contribution in [2.75, 3.05) is 5.75 Å². The van der Waals surface area contributed by atoms with Crippen LogP contribution in [0.1, 0.15) is 24.2 Å².